The molecule has 1 N–H and O–H groups in total. The van der Waals surface area contributed by atoms with E-state index >= 15 is 0 Å². The van der Waals surface area contributed by atoms with Crippen molar-refractivity contribution >= 4 is 11.9 Å². The van der Waals surface area contributed by atoms with Crippen molar-refractivity contribution in [1.82, 2.24) is 5.32 Å². The Morgan fingerprint density at radius 1 is 1.00 bits per heavy atom. The Balaban J connectivity index is 2.82. The summed E-state index contributed by atoms with van der Waals surface area (Å²) < 4.78 is 4.84. The van der Waals surface area contributed by atoms with Gasteiger partial charge in [0.05, 0.1) is 13.0 Å². The fourth-order valence-corrected chi connectivity index (χ4v) is 2.80. The zero-order valence-electron chi connectivity index (χ0n) is 15.2. The number of methoxy groups -OCH3 is 1. The van der Waals surface area contributed by atoms with Gasteiger partial charge in [0, 0.05) is 0 Å². The summed E-state index contributed by atoms with van der Waals surface area (Å²) in [4.78, 5) is 24.7. The van der Waals surface area contributed by atoms with Crippen LogP contribution in [0.15, 0.2) is 30.3 Å². The second-order valence-corrected chi connectivity index (χ2v) is 6.19. The molecule has 0 fully saturated rings. The molecule has 1 aromatic rings. The number of unbranched alkanes of at least 4 members (excludes halogenated alkanes) is 3. The predicted octanol–water partition coefficient (Wildman–Crippen LogP) is 4.20. The molecule has 0 aliphatic carbocycles. The minimum atomic E-state index is -0.556. The molecule has 0 heterocycles. The molecule has 4 heteroatoms. The molecular weight excluding hydrogens is 302 g/mol. The molecule has 134 valence electrons. The van der Waals surface area contributed by atoms with Crippen molar-refractivity contribution in [2.75, 3.05) is 7.11 Å². The van der Waals surface area contributed by atoms with E-state index in [1.807, 2.05) is 30.3 Å². The van der Waals surface area contributed by atoms with Crippen LogP contribution in [0.5, 0.6) is 0 Å². The largest absolute Gasteiger partial charge is 0.467 e. The molecule has 0 saturated carbocycles. The van der Waals surface area contributed by atoms with Gasteiger partial charge in [-0.25, -0.2) is 4.79 Å². The van der Waals surface area contributed by atoms with E-state index in [9.17, 15) is 9.59 Å². The molecule has 1 amide bonds. The highest BCUT2D eigenvalue weighted by Crippen LogP contribution is 2.23. The monoisotopic (exact) mass is 333 g/mol. The summed E-state index contributed by atoms with van der Waals surface area (Å²) in [5.74, 6) is -0.660. The number of amides is 1. The molecule has 2 unspecified atom stereocenters. The first-order valence-corrected chi connectivity index (χ1v) is 9.07. The first-order chi connectivity index (χ1) is 11.6. The molecule has 1 aromatic carbocycles. The minimum absolute atomic E-state index is 0.0798. The second-order valence-electron chi connectivity index (χ2n) is 6.19. The van der Waals surface area contributed by atoms with Crippen LogP contribution in [-0.4, -0.2) is 25.0 Å². The van der Waals surface area contributed by atoms with Gasteiger partial charge in [0.2, 0.25) is 5.91 Å². The lowest BCUT2D eigenvalue weighted by Crippen LogP contribution is -2.43. The third-order valence-electron chi connectivity index (χ3n) is 4.26. The Morgan fingerprint density at radius 2 is 1.67 bits per heavy atom. The van der Waals surface area contributed by atoms with Crippen molar-refractivity contribution < 1.29 is 14.3 Å². The van der Waals surface area contributed by atoms with Crippen molar-refractivity contribution in [2.45, 2.75) is 70.8 Å². The molecule has 0 aromatic heterocycles. The van der Waals surface area contributed by atoms with Crippen LogP contribution in [0.3, 0.4) is 0 Å². The molecule has 1 rings (SSSR count). The zero-order valence-corrected chi connectivity index (χ0v) is 15.2. The number of ether oxygens (including phenoxy) is 1. The molecule has 0 aliphatic rings. The van der Waals surface area contributed by atoms with E-state index in [0.29, 0.717) is 6.42 Å². The van der Waals surface area contributed by atoms with E-state index in [0.717, 1.165) is 44.1 Å². The number of esters is 1. The van der Waals surface area contributed by atoms with Gasteiger partial charge in [-0.05, 0) is 18.4 Å². The van der Waals surface area contributed by atoms with Crippen LogP contribution in [0, 0.1) is 0 Å². The lowest BCUT2D eigenvalue weighted by Gasteiger charge is -2.21. The van der Waals surface area contributed by atoms with Crippen LogP contribution in [0.1, 0.15) is 70.3 Å². The number of hydrogen-bond donors (Lipinski definition) is 1. The molecule has 0 saturated heterocycles. The van der Waals surface area contributed by atoms with Crippen LogP contribution < -0.4 is 5.32 Å². The fraction of sp³-hybridized carbons (Fsp3) is 0.600. The van der Waals surface area contributed by atoms with Gasteiger partial charge < -0.3 is 10.1 Å². The number of carbonyl (C=O) groups is 2. The van der Waals surface area contributed by atoms with Gasteiger partial charge in [0.25, 0.3) is 0 Å². The second kappa shape index (κ2) is 11.7. The van der Waals surface area contributed by atoms with Gasteiger partial charge in [-0.3, -0.25) is 4.79 Å². The molecule has 0 bridgehead atoms. The van der Waals surface area contributed by atoms with Crippen LogP contribution in [-0.2, 0) is 14.3 Å². The molecule has 0 aliphatic heterocycles. The van der Waals surface area contributed by atoms with Crippen LogP contribution in [0.2, 0.25) is 0 Å². The van der Waals surface area contributed by atoms with Crippen molar-refractivity contribution in [1.29, 1.82) is 0 Å². The third kappa shape index (κ3) is 6.73. The lowest BCUT2D eigenvalue weighted by atomic mass is 9.92. The zero-order chi connectivity index (χ0) is 17.8. The summed E-state index contributed by atoms with van der Waals surface area (Å²) in [7, 11) is 1.36. The molecule has 0 radical (unpaired) electrons. The maximum absolute atomic E-state index is 12.8. The first kappa shape index (κ1) is 20.2. The highest BCUT2D eigenvalue weighted by Gasteiger charge is 2.26. The van der Waals surface area contributed by atoms with E-state index in [1.165, 1.54) is 7.11 Å². The quantitative estimate of drug-likeness (QED) is 0.488. The van der Waals surface area contributed by atoms with Crippen LogP contribution in [0.25, 0.3) is 0 Å². The van der Waals surface area contributed by atoms with Gasteiger partial charge in [-0.2, -0.15) is 0 Å². The topological polar surface area (TPSA) is 55.4 Å². The molecule has 4 nitrogen and oxygen atoms in total. The Hall–Kier alpha value is -1.84. The number of rotatable bonds is 11. The maximum atomic E-state index is 12.8. The third-order valence-corrected chi connectivity index (χ3v) is 4.26. The summed E-state index contributed by atoms with van der Waals surface area (Å²) in [6.45, 7) is 4.21. The molecule has 2 atom stereocenters. The van der Waals surface area contributed by atoms with Crippen molar-refractivity contribution in [2.24, 2.45) is 0 Å². The van der Waals surface area contributed by atoms with Crippen molar-refractivity contribution in [3.05, 3.63) is 35.9 Å². The summed E-state index contributed by atoms with van der Waals surface area (Å²) >= 11 is 0. The first-order valence-electron chi connectivity index (χ1n) is 9.07. The predicted molar refractivity (Wildman–Crippen MR) is 96.8 cm³/mol. The van der Waals surface area contributed by atoms with Gasteiger partial charge in [-0.15, -0.1) is 0 Å². The number of nitrogens with one attached hydrogen (secondary N) is 1. The Kier molecular flexibility index (Phi) is 9.81. The summed E-state index contributed by atoms with van der Waals surface area (Å²) in [6, 6.07) is 9.25. The lowest BCUT2D eigenvalue weighted by molar-refractivity contribution is -0.145. The standard InChI is InChI=1S/C20H31NO3/c1-4-6-9-14-17(16-12-10-8-11-13-16)19(22)21-18(15-7-5-2)20(23)24-3/h8,10-13,17-18H,4-7,9,14-15H2,1-3H3,(H,21,22). The molecule has 24 heavy (non-hydrogen) atoms. The van der Waals surface area contributed by atoms with E-state index in [1.54, 1.807) is 0 Å². The highest BCUT2D eigenvalue weighted by molar-refractivity contribution is 5.88. The smallest absolute Gasteiger partial charge is 0.328 e. The normalized spacial score (nSPS) is 13.1. The van der Waals surface area contributed by atoms with Gasteiger partial charge in [-0.1, -0.05) is 76.3 Å². The van der Waals surface area contributed by atoms with Gasteiger partial charge >= 0.3 is 5.97 Å². The van der Waals surface area contributed by atoms with Gasteiger partial charge in [0.1, 0.15) is 6.04 Å². The van der Waals surface area contributed by atoms with Crippen molar-refractivity contribution in [3.63, 3.8) is 0 Å². The Labute approximate surface area is 146 Å². The molecule has 0 spiro atoms. The fourth-order valence-electron chi connectivity index (χ4n) is 2.80. The van der Waals surface area contributed by atoms with E-state index in [2.05, 4.69) is 19.2 Å². The summed E-state index contributed by atoms with van der Waals surface area (Å²) in [5.41, 5.74) is 1.00. The van der Waals surface area contributed by atoms with Gasteiger partial charge in [0.15, 0.2) is 0 Å². The molecular formula is C20H31NO3. The van der Waals surface area contributed by atoms with Crippen LogP contribution >= 0.6 is 0 Å². The SMILES string of the molecule is CCCCCC(C(=O)NC(CCCC)C(=O)OC)c1ccccc1. The van der Waals surface area contributed by atoms with Crippen LogP contribution in [0.4, 0.5) is 0 Å². The highest BCUT2D eigenvalue weighted by atomic mass is 16.5. The average Bonchev–Trinajstić information content (AvgIpc) is 2.62. The Bertz CT molecular complexity index is 487. The number of hydrogen-bond acceptors (Lipinski definition) is 3. The van der Waals surface area contributed by atoms with Crippen molar-refractivity contribution in [3.8, 4) is 0 Å². The maximum Gasteiger partial charge on any atom is 0.328 e. The summed E-state index contributed by atoms with van der Waals surface area (Å²) in [6.07, 6.45) is 6.49. The number of carbonyl (C=O) groups excluding carboxylic acids is 2. The van der Waals surface area contributed by atoms with E-state index < -0.39 is 6.04 Å². The number of benzene rings is 1. The van der Waals surface area contributed by atoms with E-state index in [4.69, 9.17) is 4.74 Å². The summed E-state index contributed by atoms with van der Waals surface area (Å²) in [5, 5.41) is 2.91. The van der Waals surface area contributed by atoms with E-state index in [-0.39, 0.29) is 17.8 Å². The minimum Gasteiger partial charge on any atom is -0.467 e. The average molecular weight is 333 g/mol. The Morgan fingerprint density at radius 3 is 2.25 bits per heavy atom.